The van der Waals surface area contributed by atoms with E-state index in [1.807, 2.05) is 18.2 Å². The molecule has 2 unspecified atom stereocenters. The Kier molecular flexibility index (Phi) is 7.91. The Morgan fingerprint density at radius 1 is 1.23 bits per heavy atom. The number of nitrogens with two attached hydrogens (primary N) is 1. The number of amides is 1. The van der Waals surface area contributed by atoms with Gasteiger partial charge in [-0.3, -0.25) is 4.79 Å². The molecule has 3 nitrogen and oxygen atoms in total. The van der Waals surface area contributed by atoms with Crippen LogP contribution in [0.1, 0.15) is 57.4 Å². The fourth-order valence-electron chi connectivity index (χ4n) is 3.19. The van der Waals surface area contributed by atoms with E-state index in [1.54, 1.807) is 0 Å². The van der Waals surface area contributed by atoms with E-state index in [-0.39, 0.29) is 24.2 Å². The van der Waals surface area contributed by atoms with E-state index in [0.717, 1.165) is 37.7 Å². The average Bonchev–Trinajstić information content (AvgIpc) is 2.50. The summed E-state index contributed by atoms with van der Waals surface area (Å²) in [7, 11) is 0. The molecule has 0 aliphatic heterocycles. The maximum Gasteiger partial charge on any atom is 0.228 e. The molecule has 0 saturated heterocycles. The molecule has 3 N–H and O–H groups in total. The van der Waals surface area contributed by atoms with Crippen LogP contribution < -0.4 is 11.1 Å². The van der Waals surface area contributed by atoms with E-state index in [9.17, 15) is 4.79 Å². The van der Waals surface area contributed by atoms with Crippen LogP contribution in [0.2, 0.25) is 0 Å². The first-order valence-corrected chi connectivity index (χ1v) is 8.22. The number of carbonyl (C=O) groups excluding carboxylic acids is 1. The van der Waals surface area contributed by atoms with Gasteiger partial charge in [-0.15, -0.1) is 12.4 Å². The van der Waals surface area contributed by atoms with E-state index in [0.29, 0.717) is 18.0 Å². The van der Waals surface area contributed by atoms with Crippen molar-refractivity contribution >= 4 is 18.3 Å². The molecule has 1 aromatic rings. The van der Waals surface area contributed by atoms with Crippen LogP contribution in [0.4, 0.5) is 0 Å². The van der Waals surface area contributed by atoms with E-state index >= 15 is 0 Å². The number of halogens is 1. The van der Waals surface area contributed by atoms with Crippen molar-refractivity contribution in [2.45, 2.75) is 64.0 Å². The summed E-state index contributed by atoms with van der Waals surface area (Å²) in [6, 6.07) is 10.8. The first kappa shape index (κ1) is 19.0. The number of hydrogen-bond acceptors (Lipinski definition) is 2. The molecule has 0 heterocycles. The second-order valence-corrected chi connectivity index (χ2v) is 6.39. The third kappa shape index (κ3) is 4.99. The van der Waals surface area contributed by atoms with Gasteiger partial charge >= 0.3 is 0 Å². The number of nitrogens with one attached hydrogen (secondary N) is 1. The molecule has 22 heavy (non-hydrogen) atoms. The third-order valence-electron chi connectivity index (χ3n) is 4.77. The van der Waals surface area contributed by atoms with Crippen LogP contribution in [-0.4, -0.2) is 18.0 Å². The highest BCUT2D eigenvalue weighted by molar-refractivity contribution is 5.85. The highest BCUT2D eigenvalue weighted by Gasteiger charge is 2.28. The lowest BCUT2D eigenvalue weighted by atomic mass is 9.84. The van der Waals surface area contributed by atoms with E-state index in [2.05, 4.69) is 31.3 Å². The van der Waals surface area contributed by atoms with Crippen molar-refractivity contribution in [2.24, 2.45) is 11.7 Å². The summed E-state index contributed by atoms with van der Waals surface area (Å²) >= 11 is 0. The molecule has 0 radical (unpaired) electrons. The van der Waals surface area contributed by atoms with Crippen LogP contribution >= 0.6 is 12.4 Å². The van der Waals surface area contributed by atoms with Gasteiger partial charge in [-0.2, -0.15) is 0 Å². The molecule has 124 valence electrons. The van der Waals surface area contributed by atoms with Gasteiger partial charge in [0.1, 0.15) is 0 Å². The molecule has 4 heteroatoms. The van der Waals surface area contributed by atoms with Crippen LogP contribution in [0.25, 0.3) is 0 Å². The SMILES string of the molecule is CCC(C)C(C(=O)NC1CCC(N)CC1)c1ccccc1.Cl. The fraction of sp³-hybridized carbons (Fsp3) is 0.611. The second-order valence-electron chi connectivity index (χ2n) is 6.39. The zero-order chi connectivity index (χ0) is 15.2. The molecule has 2 rings (SSSR count). The lowest BCUT2D eigenvalue weighted by molar-refractivity contribution is -0.124. The van der Waals surface area contributed by atoms with Crippen molar-refractivity contribution in [3.8, 4) is 0 Å². The topological polar surface area (TPSA) is 55.1 Å². The molecule has 0 spiro atoms. The molecule has 0 bridgehead atoms. The summed E-state index contributed by atoms with van der Waals surface area (Å²) in [6.45, 7) is 4.31. The van der Waals surface area contributed by atoms with Crippen molar-refractivity contribution in [1.29, 1.82) is 0 Å². The van der Waals surface area contributed by atoms with Gasteiger partial charge in [0.2, 0.25) is 5.91 Å². The Labute approximate surface area is 140 Å². The van der Waals surface area contributed by atoms with Gasteiger partial charge in [0.15, 0.2) is 0 Å². The highest BCUT2D eigenvalue weighted by atomic mass is 35.5. The lowest BCUT2D eigenvalue weighted by Gasteiger charge is -2.30. The summed E-state index contributed by atoms with van der Waals surface area (Å²) in [5.74, 6) is 0.473. The Balaban J connectivity index is 0.00000242. The van der Waals surface area contributed by atoms with Crippen molar-refractivity contribution in [3.63, 3.8) is 0 Å². The van der Waals surface area contributed by atoms with Crippen LogP contribution in [0.3, 0.4) is 0 Å². The minimum Gasteiger partial charge on any atom is -0.353 e. The van der Waals surface area contributed by atoms with E-state index in [4.69, 9.17) is 5.73 Å². The van der Waals surface area contributed by atoms with Gasteiger partial charge in [-0.05, 0) is 37.2 Å². The predicted octanol–water partition coefficient (Wildman–Crippen LogP) is 3.62. The highest BCUT2D eigenvalue weighted by Crippen LogP contribution is 2.28. The smallest absolute Gasteiger partial charge is 0.228 e. The number of rotatable bonds is 5. The average molecular weight is 325 g/mol. The molecule has 1 amide bonds. The van der Waals surface area contributed by atoms with Crippen LogP contribution in [0, 0.1) is 5.92 Å². The molecule has 1 saturated carbocycles. The van der Waals surface area contributed by atoms with Crippen molar-refractivity contribution in [3.05, 3.63) is 35.9 Å². The Hall–Kier alpha value is -1.06. The van der Waals surface area contributed by atoms with Crippen LogP contribution in [-0.2, 0) is 4.79 Å². The van der Waals surface area contributed by atoms with Gasteiger partial charge in [0.25, 0.3) is 0 Å². The summed E-state index contributed by atoms with van der Waals surface area (Å²) in [4.78, 5) is 12.8. The maximum absolute atomic E-state index is 12.8. The van der Waals surface area contributed by atoms with Gasteiger partial charge in [-0.1, -0.05) is 50.6 Å². The Morgan fingerprint density at radius 2 is 1.82 bits per heavy atom. The quantitative estimate of drug-likeness (QED) is 0.869. The maximum atomic E-state index is 12.8. The lowest BCUT2D eigenvalue weighted by Crippen LogP contribution is -2.43. The monoisotopic (exact) mass is 324 g/mol. The molecular formula is C18H29ClN2O. The molecule has 1 fully saturated rings. The zero-order valence-corrected chi connectivity index (χ0v) is 14.4. The summed E-state index contributed by atoms with van der Waals surface area (Å²) < 4.78 is 0. The normalized spacial score (nSPS) is 24.0. The number of benzene rings is 1. The fourth-order valence-corrected chi connectivity index (χ4v) is 3.19. The number of carbonyl (C=O) groups is 1. The van der Waals surface area contributed by atoms with E-state index < -0.39 is 0 Å². The minimum absolute atomic E-state index is 0. The van der Waals surface area contributed by atoms with Crippen molar-refractivity contribution in [2.75, 3.05) is 0 Å². The summed E-state index contributed by atoms with van der Waals surface area (Å²) in [6.07, 6.45) is 5.06. The van der Waals surface area contributed by atoms with E-state index in [1.165, 1.54) is 0 Å². The Bertz CT molecular complexity index is 444. The first-order chi connectivity index (χ1) is 10.1. The number of hydrogen-bond donors (Lipinski definition) is 2. The summed E-state index contributed by atoms with van der Waals surface area (Å²) in [5, 5.41) is 3.26. The predicted molar refractivity (Wildman–Crippen MR) is 94.3 cm³/mol. The van der Waals surface area contributed by atoms with Gasteiger partial charge in [-0.25, -0.2) is 0 Å². The van der Waals surface area contributed by atoms with Gasteiger partial charge in [0, 0.05) is 12.1 Å². The van der Waals surface area contributed by atoms with Crippen LogP contribution in [0.15, 0.2) is 30.3 Å². The van der Waals surface area contributed by atoms with Crippen molar-refractivity contribution in [1.82, 2.24) is 5.32 Å². The summed E-state index contributed by atoms with van der Waals surface area (Å²) in [5.41, 5.74) is 7.06. The zero-order valence-electron chi connectivity index (χ0n) is 13.6. The standard InChI is InChI=1S/C18H28N2O.ClH/c1-3-13(2)17(14-7-5-4-6-8-14)18(21)20-16-11-9-15(19)10-12-16;/h4-8,13,15-17H,3,9-12,19H2,1-2H3,(H,20,21);1H. The Morgan fingerprint density at radius 3 is 2.36 bits per heavy atom. The molecule has 1 aliphatic carbocycles. The van der Waals surface area contributed by atoms with Crippen molar-refractivity contribution < 1.29 is 4.79 Å². The largest absolute Gasteiger partial charge is 0.353 e. The second kappa shape index (κ2) is 9.16. The third-order valence-corrected chi connectivity index (χ3v) is 4.77. The van der Waals surface area contributed by atoms with Crippen LogP contribution in [0.5, 0.6) is 0 Å². The first-order valence-electron chi connectivity index (χ1n) is 8.22. The van der Waals surface area contributed by atoms with Gasteiger partial charge < -0.3 is 11.1 Å². The molecule has 0 aromatic heterocycles. The minimum atomic E-state index is -0.0493. The van der Waals surface area contributed by atoms with Gasteiger partial charge in [0.05, 0.1) is 5.92 Å². The molecule has 1 aliphatic rings. The molecule has 1 aromatic carbocycles. The molecule has 2 atom stereocenters. The molecular weight excluding hydrogens is 296 g/mol.